The molecule has 2 heterocycles. The third-order valence-corrected chi connectivity index (χ3v) is 5.37. The summed E-state index contributed by atoms with van der Waals surface area (Å²) in [4.78, 5) is 19.5. The Bertz CT molecular complexity index is 607. The van der Waals surface area contributed by atoms with Crippen molar-refractivity contribution in [2.45, 2.75) is 38.3 Å². The second-order valence-corrected chi connectivity index (χ2v) is 6.94. The number of nitrogens with zero attached hydrogens (tertiary/aromatic N) is 4. The Morgan fingerprint density at radius 3 is 2.96 bits per heavy atom. The average molecular weight is 360 g/mol. The second kappa shape index (κ2) is 6.68. The van der Waals surface area contributed by atoms with E-state index in [2.05, 4.69) is 22.3 Å². The number of carboxylic acid groups (broad SMARTS) is 1. The number of carboxylic acids is 1. The maximum atomic E-state index is 11.3. The summed E-state index contributed by atoms with van der Waals surface area (Å²) in [6.07, 6.45) is 2.17. The molecule has 2 aliphatic rings. The van der Waals surface area contributed by atoms with Gasteiger partial charge in [0, 0.05) is 5.75 Å². The van der Waals surface area contributed by atoms with Crippen molar-refractivity contribution in [3.05, 3.63) is 11.5 Å². The molecule has 1 aromatic rings. The van der Waals surface area contributed by atoms with E-state index in [-0.39, 0.29) is 12.5 Å². The number of nitrogens with one attached hydrogen (secondary N) is 1. The summed E-state index contributed by atoms with van der Waals surface area (Å²) in [5.41, 5.74) is 3.71. The molecule has 1 aliphatic carbocycles. The topological polar surface area (TPSA) is 102 Å². The van der Waals surface area contributed by atoms with Gasteiger partial charge in [-0.05, 0) is 31.2 Å². The van der Waals surface area contributed by atoms with E-state index in [0.29, 0.717) is 23.1 Å². The van der Waals surface area contributed by atoms with E-state index in [0.717, 1.165) is 12.2 Å². The van der Waals surface area contributed by atoms with Crippen LogP contribution in [0, 0.1) is 5.92 Å². The zero-order valence-corrected chi connectivity index (χ0v) is 14.1. The van der Waals surface area contributed by atoms with Crippen LogP contribution in [0.4, 0.5) is 11.5 Å². The molecule has 126 valence electrons. The van der Waals surface area contributed by atoms with Crippen LogP contribution in [-0.4, -0.2) is 48.6 Å². The normalized spacial score (nSPS) is 27.1. The molecule has 0 amide bonds. The fourth-order valence-corrected chi connectivity index (χ4v) is 3.89. The summed E-state index contributed by atoms with van der Waals surface area (Å²) in [7, 11) is 0. The Balaban J connectivity index is 1.90. The molecule has 0 spiro atoms. The molecule has 0 aromatic carbocycles. The minimum absolute atomic E-state index is 0.233. The maximum Gasteiger partial charge on any atom is 0.306 e. The van der Waals surface area contributed by atoms with Gasteiger partial charge >= 0.3 is 5.97 Å². The molecule has 3 rings (SSSR count). The number of hydrogen-bond acceptors (Lipinski definition) is 8. The van der Waals surface area contributed by atoms with Crippen molar-refractivity contribution in [1.82, 2.24) is 14.5 Å². The first kappa shape index (κ1) is 16.6. The highest BCUT2D eigenvalue weighted by atomic mass is 35.5. The Morgan fingerprint density at radius 2 is 2.30 bits per heavy atom. The van der Waals surface area contributed by atoms with Gasteiger partial charge in [-0.3, -0.25) is 15.2 Å². The molecule has 23 heavy (non-hydrogen) atoms. The maximum absolute atomic E-state index is 11.3. The fourth-order valence-electron chi connectivity index (χ4n) is 2.88. The molecule has 3 N–H and O–H groups in total. The number of hydrogen-bond donors (Lipinski definition) is 3. The summed E-state index contributed by atoms with van der Waals surface area (Å²) in [5.74, 6) is -0.0289. The van der Waals surface area contributed by atoms with E-state index in [1.165, 1.54) is 18.3 Å². The van der Waals surface area contributed by atoms with Gasteiger partial charge < -0.3 is 10.2 Å². The molecular weight excluding hydrogens is 342 g/mol. The van der Waals surface area contributed by atoms with Gasteiger partial charge in [-0.1, -0.05) is 23.0 Å². The molecule has 1 fully saturated rings. The van der Waals surface area contributed by atoms with Crippen LogP contribution in [0.2, 0.25) is 5.15 Å². The lowest BCUT2D eigenvalue weighted by molar-refractivity contribution is -0.141. The minimum atomic E-state index is -0.882. The van der Waals surface area contributed by atoms with Crippen molar-refractivity contribution in [3.8, 4) is 0 Å². The number of aliphatic carboxylic acids is 1. The standard InChI is InChI=1S/C13H18ClN5O3S/c1-2-3-23-19-17-10-11(14)15-6-16-12(10)18(19)8-4-7(13(21)22)5-9(8)20/h6-9,17,20H,2-5H2,1H3,(H,21,22)/t7-,8+,9+/m0/s1. The molecule has 0 saturated heterocycles. The summed E-state index contributed by atoms with van der Waals surface area (Å²) < 4.78 is 1.77. The second-order valence-electron chi connectivity index (χ2n) is 5.57. The summed E-state index contributed by atoms with van der Waals surface area (Å²) >= 11 is 7.64. The van der Waals surface area contributed by atoms with Gasteiger partial charge in [0.25, 0.3) is 0 Å². The Labute approximate surface area is 142 Å². The first-order valence-electron chi connectivity index (χ1n) is 7.43. The molecule has 3 atom stereocenters. The smallest absolute Gasteiger partial charge is 0.306 e. The van der Waals surface area contributed by atoms with Crippen LogP contribution in [0.25, 0.3) is 0 Å². The lowest BCUT2D eigenvalue weighted by atomic mass is 10.1. The number of halogens is 1. The van der Waals surface area contributed by atoms with Crippen molar-refractivity contribution < 1.29 is 15.0 Å². The zero-order valence-electron chi connectivity index (χ0n) is 12.5. The van der Waals surface area contributed by atoms with E-state index >= 15 is 0 Å². The zero-order chi connectivity index (χ0) is 16.6. The van der Waals surface area contributed by atoms with Crippen molar-refractivity contribution >= 4 is 41.0 Å². The molecule has 1 aliphatic heterocycles. The highest BCUT2D eigenvalue weighted by molar-refractivity contribution is 7.97. The lowest BCUT2D eigenvalue weighted by Gasteiger charge is -2.33. The minimum Gasteiger partial charge on any atom is -0.481 e. The van der Waals surface area contributed by atoms with E-state index in [9.17, 15) is 15.0 Å². The average Bonchev–Trinajstić information content (AvgIpc) is 3.06. The van der Waals surface area contributed by atoms with Crippen LogP contribution in [0.1, 0.15) is 26.2 Å². The van der Waals surface area contributed by atoms with Crippen molar-refractivity contribution in [2.24, 2.45) is 5.92 Å². The van der Waals surface area contributed by atoms with Crippen LogP contribution in [0.15, 0.2) is 6.33 Å². The fraction of sp³-hybridized carbons (Fsp3) is 0.615. The van der Waals surface area contributed by atoms with Crippen LogP contribution < -0.4 is 10.4 Å². The van der Waals surface area contributed by atoms with Crippen LogP contribution >= 0.6 is 23.5 Å². The SMILES string of the molecule is CCCSN1Nc2c(Cl)ncnc2N1[C@@H]1C[C@H](C(=O)O)C[C@H]1O. The van der Waals surface area contributed by atoms with Crippen molar-refractivity contribution in [1.29, 1.82) is 0 Å². The summed E-state index contributed by atoms with van der Waals surface area (Å²) in [5, 5.41) is 21.7. The predicted octanol–water partition coefficient (Wildman–Crippen LogP) is 1.78. The number of fused-ring (bicyclic) bond motifs is 1. The Morgan fingerprint density at radius 1 is 1.52 bits per heavy atom. The number of hydrazine groups is 2. The van der Waals surface area contributed by atoms with E-state index in [4.69, 9.17) is 11.6 Å². The van der Waals surface area contributed by atoms with Gasteiger partial charge in [0.1, 0.15) is 12.0 Å². The largest absolute Gasteiger partial charge is 0.481 e. The highest BCUT2D eigenvalue weighted by Crippen LogP contribution is 2.43. The third-order valence-electron chi connectivity index (χ3n) is 3.98. The van der Waals surface area contributed by atoms with Crippen LogP contribution in [-0.2, 0) is 4.79 Å². The number of anilines is 2. The molecule has 0 unspecified atom stereocenters. The number of aliphatic hydroxyl groups excluding tert-OH is 1. The first-order chi connectivity index (χ1) is 11.0. The summed E-state index contributed by atoms with van der Waals surface area (Å²) in [6, 6.07) is -0.375. The summed E-state index contributed by atoms with van der Waals surface area (Å²) in [6.45, 7) is 2.07. The van der Waals surface area contributed by atoms with Gasteiger partial charge in [-0.2, -0.15) is 0 Å². The predicted molar refractivity (Wildman–Crippen MR) is 87.9 cm³/mol. The van der Waals surface area contributed by atoms with Crippen molar-refractivity contribution in [2.75, 3.05) is 16.2 Å². The molecule has 0 bridgehead atoms. The van der Waals surface area contributed by atoms with Gasteiger partial charge in [-0.15, -0.1) is 0 Å². The monoisotopic (exact) mass is 359 g/mol. The van der Waals surface area contributed by atoms with Crippen LogP contribution in [0.3, 0.4) is 0 Å². The molecule has 1 aromatic heterocycles. The van der Waals surface area contributed by atoms with Gasteiger partial charge in [0.05, 0.1) is 18.1 Å². The Hall–Kier alpha value is -1.29. The van der Waals surface area contributed by atoms with Gasteiger partial charge in [0.2, 0.25) is 0 Å². The first-order valence-corrected chi connectivity index (χ1v) is 8.75. The van der Waals surface area contributed by atoms with Crippen molar-refractivity contribution in [3.63, 3.8) is 0 Å². The van der Waals surface area contributed by atoms with Gasteiger partial charge in [0.15, 0.2) is 11.0 Å². The molecule has 8 nitrogen and oxygen atoms in total. The quantitative estimate of drug-likeness (QED) is 0.536. The number of rotatable bonds is 5. The molecule has 0 radical (unpaired) electrons. The number of aromatic nitrogens is 2. The van der Waals surface area contributed by atoms with E-state index in [1.54, 1.807) is 9.53 Å². The molecular formula is C13H18ClN5O3S. The van der Waals surface area contributed by atoms with Gasteiger partial charge in [-0.25, -0.2) is 9.97 Å². The molecule has 10 heteroatoms. The molecule has 1 saturated carbocycles. The Kier molecular flexibility index (Phi) is 4.81. The van der Waals surface area contributed by atoms with E-state index in [1.807, 2.05) is 0 Å². The highest BCUT2D eigenvalue weighted by Gasteiger charge is 2.46. The lowest BCUT2D eigenvalue weighted by Crippen LogP contribution is -2.48. The van der Waals surface area contributed by atoms with E-state index < -0.39 is 18.0 Å². The number of carbonyl (C=O) groups is 1. The third kappa shape index (κ3) is 3.06. The van der Waals surface area contributed by atoms with Crippen LogP contribution in [0.5, 0.6) is 0 Å². The number of aliphatic hydroxyl groups is 1.